The van der Waals surface area contributed by atoms with Gasteiger partial charge < -0.3 is 15.1 Å². The van der Waals surface area contributed by atoms with Crippen LogP contribution in [-0.2, 0) is 0 Å². The molecule has 1 aliphatic heterocycles. The molecule has 32 heavy (non-hydrogen) atoms. The molecule has 0 aliphatic carbocycles. The van der Waals surface area contributed by atoms with Crippen LogP contribution < -0.4 is 10.2 Å². The Morgan fingerprint density at radius 3 is 2.47 bits per heavy atom. The lowest BCUT2D eigenvalue weighted by Crippen LogP contribution is -2.49. The molecule has 1 saturated heterocycles. The monoisotopic (exact) mass is 453 g/mol. The van der Waals surface area contributed by atoms with Crippen molar-refractivity contribution < 1.29 is 9.72 Å². The summed E-state index contributed by atoms with van der Waals surface area (Å²) in [5, 5.41) is 22.6. The predicted molar refractivity (Wildman–Crippen MR) is 121 cm³/mol. The average molecular weight is 454 g/mol. The SMILES string of the molecule is Cc1ccnc(Nc2ccc(N3CCN(C(=O)c4ccc([N+](=O)[O-])cc4Cl)CC3)nn2)c1. The van der Waals surface area contributed by atoms with Gasteiger partial charge in [0.25, 0.3) is 11.6 Å². The van der Waals surface area contributed by atoms with Crippen LogP contribution in [-0.4, -0.2) is 57.1 Å². The van der Waals surface area contributed by atoms with Crippen LogP contribution in [0.2, 0.25) is 5.02 Å². The Labute approximate surface area is 189 Å². The van der Waals surface area contributed by atoms with Crippen LogP contribution in [0.1, 0.15) is 15.9 Å². The highest BCUT2D eigenvalue weighted by Gasteiger charge is 2.25. The highest BCUT2D eigenvalue weighted by atomic mass is 35.5. The number of carbonyl (C=O) groups is 1. The molecule has 1 aromatic carbocycles. The summed E-state index contributed by atoms with van der Waals surface area (Å²) < 4.78 is 0. The number of non-ortho nitro benzene ring substituents is 1. The normalized spacial score (nSPS) is 13.7. The number of aromatic nitrogens is 3. The lowest BCUT2D eigenvalue weighted by Gasteiger charge is -2.35. The number of anilines is 3. The predicted octanol–water partition coefficient (Wildman–Crippen LogP) is 3.45. The second-order valence-electron chi connectivity index (χ2n) is 7.32. The summed E-state index contributed by atoms with van der Waals surface area (Å²) >= 11 is 6.10. The summed E-state index contributed by atoms with van der Waals surface area (Å²) in [6.45, 7) is 4.10. The third-order valence-electron chi connectivity index (χ3n) is 5.11. The molecular weight excluding hydrogens is 434 g/mol. The van der Waals surface area contributed by atoms with E-state index in [1.54, 1.807) is 11.1 Å². The molecule has 3 heterocycles. The third kappa shape index (κ3) is 4.75. The van der Waals surface area contributed by atoms with E-state index in [2.05, 4.69) is 20.5 Å². The van der Waals surface area contributed by atoms with E-state index < -0.39 is 4.92 Å². The smallest absolute Gasteiger partial charge is 0.270 e. The zero-order chi connectivity index (χ0) is 22.7. The van der Waals surface area contributed by atoms with E-state index >= 15 is 0 Å². The maximum atomic E-state index is 12.8. The van der Waals surface area contributed by atoms with Crippen LogP contribution in [0.4, 0.5) is 23.1 Å². The largest absolute Gasteiger partial charge is 0.352 e. The van der Waals surface area contributed by atoms with E-state index in [1.165, 1.54) is 18.2 Å². The fourth-order valence-corrected chi connectivity index (χ4v) is 3.65. The number of aryl methyl sites for hydroxylation is 1. The Kier molecular flexibility index (Phi) is 6.13. The molecule has 1 fully saturated rings. The zero-order valence-corrected chi connectivity index (χ0v) is 18.0. The van der Waals surface area contributed by atoms with Crippen molar-refractivity contribution in [1.29, 1.82) is 0 Å². The van der Waals surface area contributed by atoms with E-state index in [4.69, 9.17) is 11.6 Å². The van der Waals surface area contributed by atoms with Crippen molar-refractivity contribution in [2.45, 2.75) is 6.92 Å². The van der Waals surface area contributed by atoms with Crippen molar-refractivity contribution in [2.75, 3.05) is 36.4 Å². The molecule has 0 unspecified atom stereocenters. The zero-order valence-electron chi connectivity index (χ0n) is 17.2. The molecular formula is C21H20ClN7O3. The maximum absolute atomic E-state index is 12.8. The molecule has 0 spiro atoms. The van der Waals surface area contributed by atoms with E-state index in [1.807, 2.05) is 36.1 Å². The Balaban J connectivity index is 1.36. The number of rotatable bonds is 5. The minimum absolute atomic E-state index is 0.0729. The Hall–Kier alpha value is -3.79. The van der Waals surface area contributed by atoms with Crippen molar-refractivity contribution in [3.05, 3.63) is 74.9 Å². The lowest BCUT2D eigenvalue weighted by atomic mass is 10.1. The van der Waals surface area contributed by atoms with Gasteiger partial charge in [-0.15, -0.1) is 10.2 Å². The second kappa shape index (κ2) is 9.15. The number of nitrogens with one attached hydrogen (secondary N) is 1. The number of halogens is 1. The number of pyridine rings is 1. The number of hydrogen-bond acceptors (Lipinski definition) is 8. The quantitative estimate of drug-likeness (QED) is 0.461. The Bertz CT molecular complexity index is 1150. The molecule has 1 amide bonds. The van der Waals surface area contributed by atoms with Gasteiger partial charge in [-0.2, -0.15) is 0 Å². The first kappa shape index (κ1) is 21.4. The summed E-state index contributed by atoms with van der Waals surface area (Å²) in [7, 11) is 0. The highest BCUT2D eigenvalue weighted by Crippen LogP contribution is 2.24. The molecule has 10 nitrogen and oxygen atoms in total. The topological polar surface area (TPSA) is 117 Å². The molecule has 1 N–H and O–H groups in total. The van der Waals surface area contributed by atoms with Gasteiger partial charge in [0.05, 0.1) is 15.5 Å². The molecule has 0 radical (unpaired) electrons. The van der Waals surface area contributed by atoms with Gasteiger partial charge in [-0.25, -0.2) is 4.98 Å². The standard InChI is InChI=1S/C21H20ClN7O3/c1-14-6-7-23-19(12-14)24-18-4-5-20(26-25-18)27-8-10-28(11-9-27)21(30)16-3-2-15(29(31)32)13-17(16)22/h2-7,12-13H,8-11H2,1H3,(H,23,24,25). The van der Waals surface area contributed by atoms with E-state index in [0.717, 1.165) is 5.56 Å². The summed E-state index contributed by atoms with van der Waals surface area (Å²) in [6.07, 6.45) is 1.73. The van der Waals surface area contributed by atoms with Crippen LogP contribution in [0.5, 0.6) is 0 Å². The van der Waals surface area contributed by atoms with Gasteiger partial charge in [0, 0.05) is 44.5 Å². The Morgan fingerprint density at radius 2 is 1.84 bits per heavy atom. The van der Waals surface area contributed by atoms with Crippen LogP contribution in [0.15, 0.2) is 48.7 Å². The first-order valence-corrected chi connectivity index (χ1v) is 10.3. The van der Waals surface area contributed by atoms with Crippen molar-refractivity contribution >= 4 is 40.6 Å². The summed E-state index contributed by atoms with van der Waals surface area (Å²) in [6, 6.07) is 11.4. The van der Waals surface area contributed by atoms with Gasteiger partial charge in [0.2, 0.25) is 0 Å². The summed E-state index contributed by atoms with van der Waals surface area (Å²) in [5.41, 5.74) is 1.20. The Morgan fingerprint density at radius 1 is 1.06 bits per heavy atom. The molecule has 4 rings (SSSR count). The van der Waals surface area contributed by atoms with Gasteiger partial charge >= 0.3 is 0 Å². The minimum Gasteiger partial charge on any atom is -0.352 e. The fourth-order valence-electron chi connectivity index (χ4n) is 3.40. The molecule has 3 aromatic rings. The number of amides is 1. The molecule has 0 saturated carbocycles. The molecule has 0 bridgehead atoms. The van der Waals surface area contributed by atoms with Crippen LogP contribution in [0, 0.1) is 17.0 Å². The number of nitrogens with zero attached hydrogens (tertiary/aromatic N) is 6. The molecule has 11 heteroatoms. The van der Waals surface area contributed by atoms with Crippen molar-refractivity contribution in [3.63, 3.8) is 0 Å². The van der Waals surface area contributed by atoms with Crippen molar-refractivity contribution in [1.82, 2.24) is 20.1 Å². The fraction of sp³-hybridized carbons (Fsp3) is 0.238. The number of nitro groups is 1. The maximum Gasteiger partial charge on any atom is 0.270 e. The van der Waals surface area contributed by atoms with Gasteiger partial charge in [-0.3, -0.25) is 14.9 Å². The number of piperazine rings is 1. The second-order valence-corrected chi connectivity index (χ2v) is 7.73. The summed E-state index contributed by atoms with van der Waals surface area (Å²) in [4.78, 5) is 31.1. The molecule has 1 aliphatic rings. The summed E-state index contributed by atoms with van der Waals surface area (Å²) in [5.74, 6) is 1.76. The van der Waals surface area contributed by atoms with Gasteiger partial charge in [-0.1, -0.05) is 11.6 Å². The molecule has 164 valence electrons. The minimum atomic E-state index is -0.544. The van der Waals surface area contributed by atoms with Gasteiger partial charge in [-0.05, 0) is 42.8 Å². The van der Waals surface area contributed by atoms with Gasteiger partial charge in [0.1, 0.15) is 5.82 Å². The van der Waals surface area contributed by atoms with E-state index in [9.17, 15) is 14.9 Å². The number of hydrogen-bond donors (Lipinski definition) is 1. The van der Waals surface area contributed by atoms with Crippen LogP contribution >= 0.6 is 11.6 Å². The first-order chi connectivity index (χ1) is 15.4. The van der Waals surface area contributed by atoms with E-state index in [0.29, 0.717) is 43.6 Å². The van der Waals surface area contributed by atoms with Crippen molar-refractivity contribution in [3.8, 4) is 0 Å². The average Bonchev–Trinajstić information content (AvgIpc) is 2.79. The van der Waals surface area contributed by atoms with Crippen molar-refractivity contribution in [2.24, 2.45) is 0 Å². The third-order valence-corrected chi connectivity index (χ3v) is 5.42. The first-order valence-electron chi connectivity index (χ1n) is 9.92. The molecule has 0 atom stereocenters. The van der Waals surface area contributed by atoms with Gasteiger partial charge in [0.15, 0.2) is 11.6 Å². The highest BCUT2D eigenvalue weighted by molar-refractivity contribution is 6.34. The molecule has 2 aromatic heterocycles. The lowest BCUT2D eigenvalue weighted by molar-refractivity contribution is -0.384. The van der Waals surface area contributed by atoms with Crippen LogP contribution in [0.25, 0.3) is 0 Å². The van der Waals surface area contributed by atoms with Crippen LogP contribution in [0.3, 0.4) is 0 Å². The number of benzene rings is 1. The number of nitro benzene ring substituents is 1. The number of carbonyl (C=O) groups excluding carboxylic acids is 1. The van der Waals surface area contributed by atoms with E-state index in [-0.39, 0.29) is 22.2 Å².